The van der Waals surface area contributed by atoms with Gasteiger partial charge in [0.15, 0.2) is 0 Å². The molecule has 4 rings (SSSR count). The van der Waals surface area contributed by atoms with Crippen LogP contribution in [0.3, 0.4) is 0 Å². The van der Waals surface area contributed by atoms with Crippen molar-refractivity contribution in [3.05, 3.63) is 84.0 Å². The lowest BCUT2D eigenvalue weighted by molar-refractivity contribution is 0.114. The number of rotatable bonds is 8. The molecule has 2 heteroatoms. The Balaban J connectivity index is 1.42. The Kier molecular flexibility index (Phi) is 8.17. The summed E-state index contributed by atoms with van der Waals surface area (Å²) in [6, 6.07) is 10.7. The molecular weight excluding hydrogens is 410 g/mol. The predicted octanol–water partition coefficient (Wildman–Crippen LogP) is 9.41. The number of benzene rings is 2. The Labute approximate surface area is 198 Å². The maximum absolute atomic E-state index is 15.2. The molecule has 2 aliphatic carbocycles. The van der Waals surface area contributed by atoms with Crippen molar-refractivity contribution in [1.29, 1.82) is 0 Å². The Hall–Kier alpha value is -2.22. The van der Waals surface area contributed by atoms with Gasteiger partial charge in [0.05, 0.1) is 0 Å². The van der Waals surface area contributed by atoms with Crippen molar-refractivity contribution in [2.75, 3.05) is 0 Å². The first kappa shape index (κ1) is 23.9. The summed E-state index contributed by atoms with van der Waals surface area (Å²) in [4.78, 5) is 0. The highest BCUT2D eigenvalue weighted by Crippen LogP contribution is 2.48. The Morgan fingerprint density at radius 2 is 1.73 bits per heavy atom. The van der Waals surface area contributed by atoms with Crippen LogP contribution in [0.1, 0.15) is 81.8 Å². The monoisotopic (exact) mass is 448 g/mol. The van der Waals surface area contributed by atoms with Crippen LogP contribution in [0, 0.1) is 29.4 Å². The second-order valence-corrected chi connectivity index (χ2v) is 10.2. The zero-order chi connectivity index (χ0) is 23.2. The summed E-state index contributed by atoms with van der Waals surface area (Å²) in [7, 11) is 0. The first-order valence-electron chi connectivity index (χ1n) is 12.9. The van der Waals surface area contributed by atoms with E-state index in [0.29, 0.717) is 17.0 Å². The number of aryl methyl sites for hydroxylation is 1. The Morgan fingerprint density at radius 1 is 0.909 bits per heavy atom. The summed E-state index contributed by atoms with van der Waals surface area (Å²) in [6.07, 6.45) is 17.6. The summed E-state index contributed by atoms with van der Waals surface area (Å²) < 4.78 is 30.0. The topological polar surface area (TPSA) is 0 Å². The second kappa shape index (κ2) is 11.3. The van der Waals surface area contributed by atoms with Crippen molar-refractivity contribution < 1.29 is 8.78 Å². The molecule has 2 saturated carbocycles. The van der Waals surface area contributed by atoms with Crippen LogP contribution < -0.4 is 0 Å². The third-order valence-electron chi connectivity index (χ3n) is 8.12. The van der Waals surface area contributed by atoms with Gasteiger partial charge in [-0.05, 0) is 117 Å². The van der Waals surface area contributed by atoms with Crippen molar-refractivity contribution >= 4 is 0 Å². The number of hydrogen-bond acceptors (Lipinski definition) is 0. The SMILES string of the molecule is C=CCCC1CCC2CC(c3ccc(-c4ccc(CC/C=C/C)cc4F)cc3F)CCC2C1. The smallest absolute Gasteiger partial charge is 0.131 e. The molecule has 0 bridgehead atoms. The zero-order valence-corrected chi connectivity index (χ0v) is 20.0. The van der Waals surface area contributed by atoms with Gasteiger partial charge in [0.1, 0.15) is 11.6 Å². The van der Waals surface area contributed by atoms with E-state index in [9.17, 15) is 4.39 Å². The molecule has 176 valence electrons. The third-order valence-corrected chi connectivity index (χ3v) is 8.12. The van der Waals surface area contributed by atoms with E-state index in [1.165, 1.54) is 32.1 Å². The molecule has 0 heterocycles. The van der Waals surface area contributed by atoms with Crippen LogP contribution in [0.15, 0.2) is 61.2 Å². The summed E-state index contributed by atoms with van der Waals surface area (Å²) >= 11 is 0. The van der Waals surface area contributed by atoms with E-state index in [2.05, 4.69) is 12.7 Å². The maximum Gasteiger partial charge on any atom is 0.131 e. The molecule has 4 unspecified atom stereocenters. The highest BCUT2D eigenvalue weighted by atomic mass is 19.1. The average molecular weight is 449 g/mol. The first-order valence-corrected chi connectivity index (χ1v) is 12.9. The zero-order valence-electron chi connectivity index (χ0n) is 20.0. The third kappa shape index (κ3) is 5.83. The van der Waals surface area contributed by atoms with Crippen LogP contribution in [0.5, 0.6) is 0 Å². The minimum absolute atomic E-state index is 0.174. The van der Waals surface area contributed by atoms with E-state index in [-0.39, 0.29) is 11.6 Å². The van der Waals surface area contributed by atoms with Crippen molar-refractivity contribution in [3.63, 3.8) is 0 Å². The van der Waals surface area contributed by atoms with Crippen molar-refractivity contribution in [1.82, 2.24) is 0 Å². The van der Waals surface area contributed by atoms with E-state index in [1.54, 1.807) is 18.2 Å². The highest BCUT2D eigenvalue weighted by Gasteiger charge is 2.36. The first-order chi connectivity index (χ1) is 16.1. The Bertz CT molecular complexity index is 973. The molecule has 4 atom stereocenters. The molecule has 0 N–H and O–H groups in total. The fraction of sp³-hybridized carbons (Fsp3) is 0.484. The molecule has 0 amide bonds. The number of allylic oxidation sites excluding steroid dienone is 3. The van der Waals surface area contributed by atoms with Crippen LogP contribution in [0.4, 0.5) is 8.78 Å². The molecule has 0 spiro atoms. The van der Waals surface area contributed by atoms with Gasteiger partial charge in [0, 0.05) is 5.56 Å². The van der Waals surface area contributed by atoms with Crippen molar-refractivity contribution in [2.24, 2.45) is 17.8 Å². The molecular formula is C31H38F2. The van der Waals surface area contributed by atoms with Gasteiger partial charge in [0.25, 0.3) is 0 Å². The van der Waals surface area contributed by atoms with Gasteiger partial charge < -0.3 is 0 Å². The van der Waals surface area contributed by atoms with Gasteiger partial charge in [-0.25, -0.2) is 8.78 Å². The lowest BCUT2D eigenvalue weighted by Crippen LogP contribution is -2.30. The molecule has 2 aromatic carbocycles. The minimum atomic E-state index is -0.270. The molecule has 0 nitrogen and oxygen atoms in total. The molecule has 2 aromatic rings. The van der Waals surface area contributed by atoms with E-state index >= 15 is 4.39 Å². The van der Waals surface area contributed by atoms with Crippen LogP contribution >= 0.6 is 0 Å². The molecule has 0 aromatic heterocycles. The van der Waals surface area contributed by atoms with E-state index < -0.39 is 0 Å². The summed E-state index contributed by atoms with van der Waals surface area (Å²) in [6.45, 7) is 5.86. The fourth-order valence-electron chi connectivity index (χ4n) is 6.28. The normalized spacial score (nSPS) is 25.2. The van der Waals surface area contributed by atoms with Gasteiger partial charge in [0.2, 0.25) is 0 Å². The van der Waals surface area contributed by atoms with E-state index in [0.717, 1.165) is 61.0 Å². The molecule has 2 fully saturated rings. The van der Waals surface area contributed by atoms with Crippen molar-refractivity contribution in [2.45, 2.75) is 77.0 Å². The molecule has 2 aliphatic rings. The van der Waals surface area contributed by atoms with Crippen molar-refractivity contribution in [3.8, 4) is 11.1 Å². The van der Waals surface area contributed by atoms with E-state index in [1.807, 2.05) is 37.3 Å². The molecule has 33 heavy (non-hydrogen) atoms. The average Bonchev–Trinajstić information content (AvgIpc) is 2.82. The quantitative estimate of drug-likeness (QED) is 0.353. The van der Waals surface area contributed by atoms with Gasteiger partial charge in [-0.3, -0.25) is 0 Å². The largest absolute Gasteiger partial charge is 0.207 e. The second-order valence-electron chi connectivity index (χ2n) is 10.2. The Morgan fingerprint density at radius 3 is 2.48 bits per heavy atom. The molecule has 0 saturated heterocycles. The van der Waals surface area contributed by atoms with Crippen LogP contribution in [0.25, 0.3) is 11.1 Å². The lowest BCUT2D eigenvalue weighted by atomic mass is 9.63. The van der Waals surface area contributed by atoms with Crippen LogP contribution in [0.2, 0.25) is 0 Å². The minimum Gasteiger partial charge on any atom is -0.207 e. The van der Waals surface area contributed by atoms with Crippen LogP contribution in [-0.4, -0.2) is 0 Å². The number of fused-ring (bicyclic) bond motifs is 1. The van der Waals surface area contributed by atoms with E-state index in [4.69, 9.17) is 0 Å². The summed E-state index contributed by atoms with van der Waals surface area (Å²) in [5.74, 6) is 2.24. The number of hydrogen-bond donors (Lipinski definition) is 0. The van der Waals surface area contributed by atoms with Gasteiger partial charge in [-0.1, -0.05) is 48.9 Å². The fourth-order valence-corrected chi connectivity index (χ4v) is 6.28. The lowest BCUT2D eigenvalue weighted by Gasteiger charge is -2.42. The maximum atomic E-state index is 15.2. The predicted molar refractivity (Wildman–Crippen MR) is 135 cm³/mol. The molecule has 0 aliphatic heterocycles. The standard InChI is InChI=1S/C31H38F2/c1-3-5-7-9-23-11-16-28(30(32)19-23)27-15-17-29(31(33)21-27)26-14-13-24-18-22(8-6-4-2)10-12-25(24)20-26/h3-5,11,15-17,19,21-22,24-26H,2,6-10,12-14,18,20H2,1H3/b5-3+. The summed E-state index contributed by atoms with van der Waals surface area (Å²) in [5.41, 5.74) is 2.92. The summed E-state index contributed by atoms with van der Waals surface area (Å²) in [5, 5.41) is 0. The van der Waals surface area contributed by atoms with Gasteiger partial charge >= 0.3 is 0 Å². The van der Waals surface area contributed by atoms with Gasteiger partial charge in [-0.2, -0.15) is 0 Å². The molecule has 0 radical (unpaired) electrons. The highest BCUT2D eigenvalue weighted by molar-refractivity contribution is 5.65. The number of halogens is 2. The van der Waals surface area contributed by atoms with Crippen LogP contribution in [-0.2, 0) is 6.42 Å². The van der Waals surface area contributed by atoms with Gasteiger partial charge in [-0.15, -0.1) is 6.58 Å².